The van der Waals surface area contributed by atoms with Crippen LogP contribution in [0.4, 0.5) is 5.69 Å². The number of carbonyl (C=O) groups excluding carboxylic acids is 2. The average Bonchev–Trinajstić information content (AvgIpc) is 2.90. The number of anilines is 1. The third kappa shape index (κ3) is 4.05. The molecule has 6 heteroatoms. The van der Waals surface area contributed by atoms with E-state index in [0.29, 0.717) is 24.9 Å². The van der Waals surface area contributed by atoms with Crippen molar-refractivity contribution in [2.75, 3.05) is 5.32 Å². The fraction of sp³-hybridized carbons (Fsp3) is 0.400. The Labute approximate surface area is 122 Å². The number of amides is 2. The lowest BCUT2D eigenvalue weighted by Gasteiger charge is -2.12. The van der Waals surface area contributed by atoms with Gasteiger partial charge in [0.15, 0.2) is 0 Å². The summed E-state index contributed by atoms with van der Waals surface area (Å²) in [5, 5.41) is 14.0. The summed E-state index contributed by atoms with van der Waals surface area (Å²) in [6.07, 6.45) is 1.49. The highest BCUT2D eigenvalue weighted by molar-refractivity contribution is 6.39. The normalized spacial score (nSPS) is 20.8. The predicted octanol–water partition coefficient (Wildman–Crippen LogP) is 1.30. The zero-order valence-corrected chi connectivity index (χ0v) is 11.8. The quantitative estimate of drug-likeness (QED) is 0.731. The van der Waals surface area contributed by atoms with E-state index in [1.807, 2.05) is 19.1 Å². The molecular formula is C15H18N2O4. The van der Waals surface area contributed by atoms with E-state index in [1.165, 1.54) is 0 Å². The van der Waals surface area contributed by atoms with Gasteiger partial charge < -0.3 is 15.7 Å². The van der Waals surface area contributed by atoms with Gasteiger partial charge in [-0.25, -0.2) is 0 Å². The molecule has 1 fully saturated rings. The van der Waals surface area contributed by atoms with Crippen molar-refractivity contribution in [1.29, 1.82) is 0 Å². The third-order valence-electron chi connectivity index (χ3n) is 3.63. The van der Waals surface area contributed by atoms with Crippen LogP contribution in [0, 0.1) is 12.8 Å². The van der Waals surface area contributed by atoms with E-state index in [2.05, 4.69) is 10.6 Å². The van der Waals surface area contributed by atoms with Gasteiger partial charge >= 0.3 is 17.8 Å². The molecule has 2 unspecified atom stereocenters. The van der Waals surface area contributed by atoms with Gasteiger partial charge in [0.05, 0.1) is 5.92 Å². The monoisotopic (exact) mass is 290 g/mol. The fourth-order valence-corrected chi connectivity index (χ4v) is 2.41. The summed E-state index contributed by atoms with van der Waals surface area (Å²) in [5.74, 6) is -2.75. The summed E-state index contributed by atoms with van der Waals surface area (Å²) in [6, 6.07) is 6.86. The number of carbonyl (C=O) groups is 3. The minimum Gasteiger partial charge on any atom is -0.481 e. The predicted molar refractivity (Wildman–Crippen MR) is 76.7 cm³/mol. The van der Waals surface area contributed by atoms with Crippen LogP contribution in [0.2, 0.25) is 0 Å². The number of carboxylic acid groups (broad SMARTS) is 1. The maximum Gasteiger partial charge on any atom is 0.313 e. The SMILES string of the molecule is Cc1ccc(NC(=O)C(=O)NC2CCC(C(=O)O)C2)cc1. The van der Waals surface area contributed by atoms with E-state index in [1.54, 1.807) is 12.1 Å². The molecule has 1 aliphatic carbocycles. The molecule has 2 amide bonds. The maximum absolute atomic E-state index is 11.8. The number of nitrogens with one attached hydrogen (secondary N) is 2. The first-order valence-corrected chi connectivity index (χ1v) is 6.87. The summed E-state index contributed by atoms with van der Waals surface area (Å²) in [7, 11) is 0. The van der Waals surface area contributed by atoms with Crippen molar-refractivity contribution in [3.63, 3.8) is 0 Å². The van der Waals surface area contributed by atoms with Gasteiger partial charge in [0, 0.05) is 11.7 Å². The average molecular weight is 290 g/mol. The molecular weight excluding hydrogens is 272 g/mol. The summed E-state index contributed by atoms with van der Waals surface area (Å²) in [5.41, 5.74) is 1.61. The smallest absolute Gasteiger partial charge is 0.313 e. The number of carboxylic acids is 1. The van der Waals surface area contributed by atoms with Gasteiger partial charge in [-0.05, 0) is 38.3 Å². The van der Waals surface area contributed by atoms with Gasteiger partial charge in [0.2, 0.25) is 0 Å². The minimum atomic E-state index is -0.851. The molecule has 3 N–H and O–H groups in total. The first kappa shape index (κ1) is 15.0. The molecule has 0 saturated heterocycles. The van der Waals surface area contributed by atoms with Crippen molar-refractivity contribution in [2.24, 2.45) is 5.92 Å². The molecule has 1 aromatic rings. The number of benzene rings is 1. The lowest BCUT2D eigenvalue weighted by molar-refractivity contribution is -0.141. The van der Waals surface area contributed by atoms with Crippen molar-refractivity contribution in [3.8, 4) is 0 Å². The van der Waals surface area contributed by atoms with Crippen molar-refractivity contribution >= 4 is 23.5 Å². The first-order chi connectivity index (χ1) is 9.95. The number of aliphatic carboxylic acids is 1. The molecule has 1 aromatic carbocycles. The summed E-state index contributed by atoms with van der Waals surface area (Å²) >= 11 is 0. The molecule has 0 heterocycles. The number of hydrogen-bond donors (Lipinski definition) is 3. The number of aryl methyl sites for hydroxylation is 1. The molecule has 1 aliphatic rings. The first-order valence-electron chi connectivity index (χ1n) is 6.87. The molecule has 0 aromatic heterocycles. The molecule has 6 nitrogen and oxygen atoms in total. The van der Waals surface area contributed by atoms with E-state index in [9.17, 15) is 14.4 Å². The van der Waals surface area contributed by atoms with Crippen LogP contribution in [0.1, 0.15) is 24.8 Å². The van der Waals surface area contributed by atoms with Crippen molar-refractivity contribution in [1.82, 2.24) is 5.32 Å². The summed E-state index contributed by atoms with van der Waals surface area (Å²) in [6.45, 7) is 1.93. The number of rotatable bonds is 3. The van der Waals surface area contributed by atoms with E-state index >= 15 is 0 Å². The Morgan fingerprint density at radius 3 is 2.33 bits per heavy atom. The minimum absolute atomic E-state index is 0.248. The summed E-state index contributed by atoms with van der Waals surface area (Å²) in [4.78, 5) is 34.4. The van der Waals surface area contributed by atoms with Crippen LogP contribution >= 0.6 is 0 Å². The van der Waals surface area contributed by atoms with Crippen LogP contribution in [0.3, 0.4) is 0 Å². The van der Waals surface area contributed by atoms with E-state index in [-0.39, 0.29) is 6.04 Å². The zero-order valence-electron chi connectivity index (χ0n) is 11.8. The molecule has 0 bridgehead atoms. The second-order valence-corrected chi connectivity index (χ2v) is 5.34. The Hall–Kier alpha value is -2.37. The molecule has 112 valence electrons. The van der Waals surface area contributed by atoms with Gasteiger partial charge in [-0.2, -0.15) is 0 Å². The third-order valence-corrected chi connectivity index (χ3v) is 3.63. The van der Waals surface area contributed by atoms with Crippen LogP contribution in [0.25, 0.3) is 0 Å². The van der Waals surface area contributed by atoms with E-state index < -0.39 is 23.7 Å². The van der Waals surface area contributed by atoms with Gasteiger partial charge in [0.1, 0.15) is 0 Å². The van der Waals surface area contributed by atoms with E-state index in [0.717, 1.165) is 5.56 Å². The lowest BCUT2D eigenvalue weighted by Crippen LogP contribution is -2.41. The highest BCUT2D eigenvalue weighted by Crippen LogP contribution is 2.25. The van der Waals surface area contributed by atoms with Gasteiger partial charge in [-0.1, -0.05) is 17.7 Å². The van der Waals surface area contributed by atoms with E-state index in [4.69, 9.17) is 5.11 Å². The maximum atomic E-state index is 11.8. The summed E-state index contributed by atoms with van der Waals surface area (Å²) < 4.78 is 0. The Morgan fingerprint density at radius 1 is 1.10 bits per heavy atom. The van der Waals surface area contributed by atoms with Crippen LogP contribution in [-0.4, -0.2) is 28.9 Å². The lowest BCUT2D eigenvalue weighted by atomic mass is 10.1. The van der Waals surface area contributed by atoms with Crippen LogP contribution in [0.15, 0.2) is 24.3 Å². The Balaban J connectivity index is 1.84. The molecule has 1 saturated carbocycles. The molecule has 0 radical (unpaired) electrons. The molecule has 0 aliphatic heterocycles. The highest BCUT2D eigenvalue weighted by atomic mass is 16.4. The Kier molecular flexibility index (Phi) is 4.57. The van der Waals surface area contributed by atoms with Crippen molar-refractivity contribution in [3.05, 3.63) is 29.8 Å². The second-order valence-electron chi connectivity index (χ2n) is 5.34. The molecule has 21 heavy (non-hydrogen) atoms. The van der Waals surface area contributed by atoms with Gasteiger partial charge in [-0.3, -0.25) is 14.4 Å². The van der Waals surface area contributed by atoms with Crippen LogP contribution in [0.5, 0.6) is 0 Å². The largest absolute Gasteiger partial charge is 0.481 e. The highest BCUT2D eigenvalue weighted by Gasteiger charge is 2.31. The van der Waals surface area contributed by atoms with Crippen LogP contribution < -0.4 is 10.6 Å². The standard InChI is InChI=1S/C15H18N2O4/c1-9-2-5-11(6-3-9)16-13(18)14(19)17-12-7-4-10(8-12)15(20)21/h2-3,5-6,10,12H,4,7-8H2,1H3,(H,16,18)(H,17,19)(H,20,21). The van der Waals surface area contributed by atoms with Crippen molar-refractivity contribution < 1.29 is 19.5 Å². The van der Waals surface area contributed by atoms with Crippen molar-refractivity contribution in [2.45, 2.75) is 32.2 Å². The molecule has 0 spiro atoms. The second kappa shape index (κ2) is 6.39. The number of hydrogen-bond acceptors (Lipinski definition) is 3. The zero-order chi connectivity index (χ0) is 15.4. The van der Waals surface area contributed by atoms with Gasteiger partial charge in [-0.15, -0.1) is 0 Å². The fourth-order valence-electron chi connectivity index (χ4n) is 2.41. The Bertz CT molecular complexity index is 553. The molecule has 2 rings (SSSR count). The van der Waals surface area contributed by atoms with Crippen LogP contribution in [-0.2, 0) is 14.4 Å². The van der Waals surface area contributed by atoms with Gasteiger partial charge in [0.25, 0.3) is 0 Å². The Morgan fingerprint density at radius 2 is 1.76 bits per heavy atom. The molecule has 2 atom stereocenters. The topological polar surface area (TPSA) is 95.5 Å².